The van der Waals surface area contributed by atoms with Crippen LogP contribution in [0.15, 0.2) is 0 Å². The molecule has 0 fully saturated rings. The lowest BCUT2D eigenvalue weighted by atomic mass is 10.0. The second-order valence-corrected chi connectivity index (χ2v) is 6.09. The molecule has 0 unspecified atom stereocenters. The lowest BCUT2D eigenvalue weighted by Gasteiger charge is -2.22. The van der Waals surface area contributed by atoms with E-state index in [-0.39, 0.29) is 5.54 Å². The van der Waals surface area contributed by atoms with Gasteiger partial charge in [-0.25, -0.2) is 4.98 Å². The van der Waals surface area contributed by atoms with Crippen LogP contribution < -0.4 is 5.32 Å². The molecule has 3 nitrogen and oxygen atoms in total. The van der Waals surface area contributed by atoms with E-state index in [1.165, 1.54) is 42.9 Å². The quantitative estimate of drug-likeness (QED) is 0.872. The van der Waals surface area contributed by atoms with E-state index in [0.717, 1.165) is 13.1 Å². The summed E-state index contributed by atoms with van der Waals surface area (Å²) in [6, 6.07) is 0. The van der Waals surface area contributed by atoms with Crippen LogP contribution in [0.5, 0.6) is 0 Å². The predicted octanol–water partition coefficient (Wildman–Crippen LogP) is 2.46. The molecule has 1 N–H and O–H groups in total. The third-order valence-corrected chi connectivity index (χ3v) is 3.41. The number of nitrogens with zero attached hydrogens (tertiary/aromatic N) is 2. The predicted molar refractivity (Wildman–Crippen MR) is 71.4 cm³/mol. The molecule has 1 aliphatic rings. The molecule has 0 aromatic carbocycles. The summed E-state index contributed by atoms with van der Waals surface area (Å²) in [6.07, 6.45) is 5.02. The van der Waals surface area contributed by atoms with E-state index in [1.54, 1.807) is 0 Å². The molecule has 3 heteroatoms. The van der Waals surface area contributed by atoms with Crippen LogP contribution in [0.25, 0.3) is 0 Å². The number of aryl methyl sites for hydroxylation is 2. The van der Waals surface area contributed by atoms with Gasteiger partial charge in [0, 0.05) is 24.3 Å². The second kappa shape index (κ2) is 4.81. The third kappa shape index (κ3) is 3.09. The normalized spacial score (nSPS) is 16.0. The van der Waals surface area contributed by atoms with Crippen LogP contribution in [-0.4, -0.2) is 21.6 Å². The topological polar surface area (TPSA) is 29.9 Å². The molecular formula is C14H25N3. The van der Waals surface area contributed by atoms with Gasteiger partial charge in [0.1, 0.15) is 5.82 Å². The van der Waals surface area contributed by atoms with E-state index in [2.05, 4.69) is 37.6 Å². The van der Waals surface area contributed by atoms with Gasteiger partial charge in [0.25, 0.3) is 0 Å². The van der Waals surface area contributed by atoms with Crippen LogP contribution in [0, 0.1) is 6.92 Å². The lowest BCUT2D eigenvalue weighted by Crippen LogP contribution is -2.38. The zero-order valence-corrected chi connectivity index (χ0v) is 11.6. The Hall–Kier alpha value is -0.830. The number of hydrogen-bond donors (Lipinski definition) is 1. The zero-order chi connectivity index (χ0) is 12.5. The van der Waals surface area contributed by atoms with Gasteiger partial charge in [-0.1, -0.05) is 0 Å². The van der Waals surface area contributed by atoms with Crippen molar-refractivity contribution in [1.82, 2.24) is 14.9 Å². The van der Waals surface area contributed by atoms with Gasteiger partial charge in [-0.05, 0) is 53.4 Å². The largest absolute Gasteiger partial charge is 0.331 e. The smallest absolute Gasteiger partial charge is 0.106 e. The Morgan fingerprint density at radius 2 is 1.94 bits per heavy atom. The highest BCUT2D eigenvalue weighted by atomic mass is 15.1. The molecule has 0 bridgehead atoms. The van der Waals surface area contributed by atoms with Crippen LogP contribution >= 0.6 is 0 Å². The first kappa shape index (κ1) is 12.6. The van der Waals surface area contributed by atoms with Crippen LogP contribution in [0.1, 0.15) is 50.8 Å². The molecule has 0 radical (unpaired) electrons. The van der Waals surface area contributed by atoms with E-state index < -0.39 is 0 Å². The van der Waals surface area contributed by atoms with Gasteiger partial charge >= 0.3 is 0 Å². The van der Waals surface area contributed by atoms with E-state index in [9.17, 15) is 0 Å². The van der Waals surface area contributed by atoms with Crippen molar-refractivity contribution < 1.29 is 0 Å². The van der Waals surface area contributed by atoms with Gasteiger partial charge < -0.3 is 9.88 Å². The fourth-order valence-electron chi connectivity index (χ4n) is 2.58. The summed E-state index contributed by atoms with van der Waals surface area (Å²) in [5.41, 5.74) is 3.04. The van der Waals surface area contributed by atoms with E-state index in [1.807, 2.05) is 0 Å². The van der Waals surface area contributed by atoms with Gasteiger partial charge in [0.2, 0.25) is 0 Å². The van der Waals surface area contributed by atoms with Gasteiger partial charge in [-0.3, -0.25) is 0 Å². The first-order chi connectivity index (χ1) is 7.97. The number of imidazole rings is 1. The highest BCUT2D eigenvalue weighted by Crippen LogP contribution is 2.21. The number of hydrogen-bond acceptors (Lipinski definition) is 2. The number of rotatable bonds is 3. The highest BCUT2D eigenvalue weighted by molar-refractivity contribution is 5.19. The molecule has 1 aliphatic carbocycles. The molecule has 1 aromatic rings. The van der Waals surface area contributed by atoms with Crippen LogP contribution in [-0.2, 0) is 19.4 Å². The molecule has 2 rings (SSSR count). The first-order valence-corrected chi connectivity index (χ1v) is 6.77. The van der Waals surface area contributed by atoms with Crippen molar-refractivity contribution in [1.29, 1.82) is 0 Å². The number of nitrogens with one attached hydrogen (secondary N) is 1. The van der Waals surface area contributed by atoms with Crippen molar-refractivity contribution in [3.8, 4) is 0 Å². The minimum absolute atomic E-state index is 0.203. The molecule has 1 heterocycles. The van der Waals surface area contributed by atoms with E-state index >= 15 is 0 Å². The summed E-state index contributed by atoms with van der Waals surface area (Å²) >= 11 is 0. The first-order valence-electron chi connectivity index (χ1n) is 6.77. The fraction of sp³-hybridized carbons (Fsp3) is 0.786. The van der Waals surface area contributed by atoms with Crippen molar-refractivity contribution in [3.63, 3.8) is 0 Å². The molecule has 17 heavy (non-hydrogen) atoms. The van der Waals surface area contributed by atoms with E-state index in [4.69, 9.17) is 4.98 Å². The average Bonchev–Trinajstić information content (AvgIpc) is 2.54. The molecule has 0 aliphatic heterocycles. The SMILES string of the molecule is Cc1nc2c(n1CCNC(C)(C)C)CCCC2. The molecule has 0 saturated carbocycles. The third-order valence-electron chi connectivity index (χ3n) is 3.41. The second-order valence-electron chi connectivity index (χ2n) is 6.09. The Labute approximate surface area is 105 Å². The minimum Gasteiger partial charge on any atom is -0.331 e. The van der Waals surface area contributed by atoms with Crippen molar-refractivity contribution in [2.75, 3.05) is 6.54 Å². The van der Waals surface area contributed by atoms with Gasteiger partial charge in [-0.15, -0.1) is 0 Å². The monoisotopic (exact) mass is 235 g/mol. The van der Waals surface area contributed by atoms with Crippen LogP contribution in [0.4, 0.5) is 0 Å². The Kier molecular flexibility index (Phi) is 3.57. The van der Waals surface area contributed by atoms with Gasteiger partial charge in [0.05, 0.1) is 5.69 Å². The Morgan fingerprint density at radius 1 is 1.24 bits per heavy atom. The number of aromatic nitrogens is 2. The zero-order valence-electron chi connectivity index (χ0n) is 11.6. The standard InChI is InChI=1S/C14H25N3/c1-11-16-12-7-5-6-8-13(12)17(11)10-9-15-14(2,3)4/h15H,5-10H2,1-4H3. The van der Waals surface area contributed by atoms with Gasteiger partial charge in [-0.2, -0.15) is 0 Å². The molecule has 0 amide bonds. The summed E-state index contributed by atoms with van der Waals surface area (Å²) in [5.74, 6) is 1.19. The van der Waals surface area contributed by atoms with Crippen molar-refractivity contribution in [3.05, 3.63) is 17.2 Å². The van der Waals surface area contributed by atoms with Gasteiger partial charge in [0.15, 0.2) is 0 Å². The maximum absolute atomic E-state index is 4.70. The van der Waals surface area contributed by atoms with Crippen LogP contribution in [0.2, 0.25) is 0 Å². The Morgan fingerprint density at radius 3 is 2.65 bits per heavy atom. The summed E-state index contributed by atoms with van der Waals surface area (Å²) < 4.78 is 2.41. The van der Waals surface area contributed by atoms with Crippen molar-refractivity contribution in [2.45, 2.75) is 65.5 Å². The average molecular weight is 235 g/mol. The Balaban J connectivity index is 2.03. The van der Waals surface area contributed by atoms with Crippen LogP contribution in [0.3, 0.4) is 0 Å². The fourth-order valence-corrected chi connectivity index (χ4v) is 2.58. The molecule has 0 saturated heterocycles. The molecule has 0 spiro atoms. The minimum atomic E-state index is 0.203. The summed E-state index contributed by atoms with van der Waals surface area (Å²) in [7, 11) is 0. The molecular weight excluding hydrogens is 210 g/mol. The lowest BCUT2D eigenvalue weighted by molar-refractivity contribution is 0.408. The van der Waals surface area contributed by atoms with Crippen molar-refractivity contribution in [2.24, 2.45) is 0 Å². The summed E-state index contributed by atoms with van der Waals surface area (Å²) in [4.78, 5) is 4.70. The molecule has 96 valence electrons. The molecule has 0 atom stereocenters. The maximum Gasteiger partial charge on any atom is 0.106 e. The maximum atomic E-state index is 4.70. The summed E-state index contributed by atoms with van der Waals surface area (Å²) in [5, 5.41) is 3.55. The van der Waals surface area contributed by atoms with Crippen molar-refractivity contribution >= 4 is 0 Å². The molecule has 1 aromatic heterocycles. The highest BCUT2D eigenvalue weighted by Gasteiger charge is 2.18. The Bertz CT molecular complexity index is 385. The summed E-state index contributed by atoms with van der Waals surface area (Å²) in [6.45, 7) is 10.8. The van der Waals surface area contributed by atoms with E-state index in [0.29, 0.717) is 0 Å². The number of fused-ring (bicyclic) bond motifs is 1.